The second kappa shape index (κ2) is 11.1. The maximum atomic E-state index is 14.1. The summed E-state index contributed by atoms with van der Waals surface area (Å²) in [6, 6.07) is 3.94. The van der Waals surface area contributed by atoms with Crippen LogP contribution in [-0.4, -0.2) is 62.1 Å². The van der Waals surface area contributed by atoms with Gasteiger partial charge in [0.1, 0.15) is 11.6 Å². The van der Waals surface area contributed by atoms with Crippen LogP contribution in [0, 0.1) is 11.7 Å². The first-order valence-electron chi connectivity index (χ1n) is 9.47. The molecule has 2 saturated heterocycles. The van der Waals surface area contributed by atoms with E-state index in [-0.39, 0.29) is 41.8 Å². The molecule has 5 nitrogen and oxygen atoms in total. The zero-order valence-electron chi connectivity index (χ0n) is 16.0. The van der Waals surface area contributed by atoms with Crippen molar-refractivity contribution in [2.75, 3.05) is 39.8 Å². The summed E-state index contributed by atoms with van der Waals surface area (Å²) in [6.45, 7) is 2.30. The van der Waals surface area contributed by atoms with E-state index in [1.54, 1.807) is 7.05 Å². The Bertz CT molecular complexity index is 656. The van der Waals surface area contributed by atoms with Gasteiger partial charge in [0.25, 0.3) is 0 Å². The molecule has 0 amide bonds. The van der Waals surface area contributed by atoms with E-state index in [2.05, 4.69) is 24.8 Å². The number of hydrogen-bond acceptors (Lipinski definition) is 3. The summed E-state index contributed by atoms with van der Waals surface area (Å²) in [4.78, 5) is 8.94. The van der Waals surface area contributed by atoms with Crippen LogP contribution in [-0.2, 0) is 6.54 Å². The highest BCUT2D eigenvalue weighted by molar-refractivity contribution is 14.0. The Morgan fingerprint density at radius 2 is 2.04 bits per heavy atom. The Kier molecular flexibility index (Phi) is 9.13. The molecule has 3 rings (SSSR count). The van der Waals surface area contributed by atoms with Gasteiger partial charge in [-0.15, -0.1) is 24.0 Å². The van der Waals surface area contributed by atoms with Crippen LogP contribution in [0.5, 0.6) is 5.75 Å². The number of nitrogens with one attached hydrogen (secondary N) is 1. The number of ether oxygens (including phenoxy) is 1. The molecule has 2 aliphatic rings. The lowest BCUT2D eigenvalue weighted by molar-refractivity contribution is -0.0506. The Balaban J connectivity index is 0.00000280. The van der Waals surface area contributed by atoms with Gasteiger partial charge in [-0.25, -0.2) is 4.39 Å². The zero-order valence-corrected chi connectivity index (χ0v) is 18.4. The van der Waals surface area contributed by atoms with E-state index in [1.165, 1.54) is 44.1 Å². The molecule has 0 radical (unpaired) electrons. The number of hydrogen-bond donors (Lipinski definition) is 1. The van der Waals surface area contributed by atoms with Crippen LogP contribution in [0.3, 0.4) is 0 Å². The first-order chi connectivity index (χ1) is 13.1. The van der Waals surface area contributed by atoms with E-state index in [1.807, 2.05) is 0 Å². The predicted molar refractivity (Wildman–Crippen MR) is 114 cm³/mol. The topological polar surface area (TPSA) is 40.1 Å². The van der Waals surface area contributed by atoms with Crippen LogP contribution in [0.2, 0.25) is 0 Å². The van der Waals surface area contributed by atoms with Crippen molar-refractivity contribution in [3.63, 3.8) is 0 Å². The van der Waals surface area contributed by atoms with Crippen LogP contribution in [0.15, 0.2) is 23.2 Å². The predicted octanol–water partition coefficient (Wildman–Crippen LogP) is 3.54. The van der Waals surface area contributed by atoms with E-state index < -0.39 is 12.4 Å². The first-order valence-corrected chi connectivity index (χ1v) is 9.47. The lowest BCUT2D eigenvalue weighted by atomic mass is 10.1. The maximum absolute atomic E-state index is 14.1. The highest BCUT2D eigenvalue weighted by Gasteiger charge is 2.27. The maximum Gasteiger partial charge on any atom is 0.387 e. The van der Waals surface area contributed by atoms with Crippen LogP contribution < -0.4 is 10.1 Å². The molecule has 2 fully saturated rings. The van der Waals surface area contributed by atoms with Gasteiger partial charge >= 0.3 is 6.61 Å². The second-order valence-corrected chi connectivity index (χ2v) is 7.10. The van der Waals surface area contributed by atoms with Crippen LogP contribution in [0.1, 0.15) is 24.8 Å². The Hall–Kier alpha value is -1.23. The molecule has 1 atom stereocenters. The van der Waals surface area contributed by atoms with Crippen LogP contribution in [0.25, 0.3) is 0 Å². The number of guanidine groups is 1. The van der Waals surface area contributed by atoms with Crippen molar-refractivity contribution in [3.05, 3.63) is 29.6 Å². The molecule has 2 aliphatic heterocycles. The summed E-state index contributed by atoms with van der Waals surface area (Å²) in [5, 5.41) is 3.09. The third kappa shape index (κ3) is 6.13. The van der Waals surface area contributed by atoms with Crippen molar-refractivity contribution in [2.24, 2.45) is 10.9 Å². The second-order valence-electron chi connectivity index (χ2n) is 7.10. The van der Waals surface area contributed by atoms with Gasteiger partial charge in [-0.2, -0.15) is 8.78 Å². The highest BCUT2D eigenvalue weighted by atomic mass is 127. The minimum absolute atomic E-state index is 0. The minimum Gasteiger partial charge on any atom is -0.434 e. The molecule has 0 spiro atoms. The molecular weight excluding hydrogens is 484 g/mol. The molecule has 0 saturated carbocycles. The molecule has 9 heteroatoms. The molecule has 2 heterocycles. The summed E-state index contributed by atoms with van der Waals surface area (Å²) < 4.78 is 43.6. The van der Waals surface area contributed by atoms with Gasteiger partial charge in [-0.1, -0.05) is 6.07 Å². The number of benzene rings is 1. The minimum atomic E-state index is -2.99. The lowest BCUT2D eigenvalue weighted by Gasteiger charge is -2.23. The van der Waals surface area contributed by atoms with Crippen LogP contribution >= 0.6 is 24.0 Å². The van der Waals surface area contributed by atoms with Gasteiger partial charge in [0.2, 0.25) is 0 Å². The molecule has 28 heavy (non-hydrogen) atoms. The average molecular weight is 512 g/mol. The monoisotopic (exact) mass is 512 g/mol. The van der Waals surface area contributed by atoms with E-state index >= 15 is 0 Å². The summed E-state index contributed by atoms with van der Waals surface area (Å²) in [6.07, 6.45) is 3.66. The van der Waals surface area contributed by atoms with Gasteiger partial charge in [0.15, 0.2) is 5.96 Å². The van der Waals surface area contributed by atoms with Crippen molar-refractivity contribution >= 4 is 29.9 Å². The Morgan fingerprint density at radius 1 is 1.29 bits per heavy atom. The van der Waals surface area contributed by atoms with Gasteiger partial charge in [-0.05, 0) is 50.4 Å². The highest BCUT2D eigenvalue weighted by Crippen LogP contribution is 2.24. The largest absolute Gasteiger partial charge is 0.434 e. The van der Waals surface area contributed by atoms with Crippen molar-refractivity contribution in [1.82, 2.24) is 15.1 Å². The van der Waals surface area contributed by atoms with E-state index in [4.69, 9.17) is 0 Å². The number of halogens is 4. The van der Waals surface area contributed by atoms with Crippen molar-refractivity contribution < 1.29 is 17.9 Å². The number of alkyl halides is 2. The fourth-order valence-corrected chi connectivity index (χ4v) is 3.92. The number of aliphatic imine (C=N–C) groups is 1. The molecule has 0 aromatic heterocycles. The van der Waals surface area contributed by atoms with Gasteiger partial charge in [-0.3, -0.25) is 4.99 Å². The molecular formula is C19H28F3IN4O. The molecule has 0 aliphatic carbocycles. The smallest absolute Gasteiger partial charge is 0.387 e. The Labute approximate surface area is 181 Å². The molecule has 1 unspecified atom stereocenters. The third-order valence-electron chi connectivity index (χ3n) is 5.23. The molecule has 158 valence electrons. The van der Waals surface area contributed by atoms with E-state index in [9.17, 15) is 13.2 Å². The summed E-state index contributed by atoms with van der Waals surface area (Å²) in [5.41, 5.74) is 0.0757. The Morgan fingerprint density at radius 3 is 2.71 bits per heavy atom. The van der Waals surface area contributed by atoms with Gasteiger partial charge in [0.05, 0.1) is 0 Å². The fraction of sp³-hybridized carbons (Fsp3) is 0.632. The standard InChI is InChI=1S/C19H27F3N4O.HI/c1-23-19(26-10-7-14(13-26)12-25-8-2-3-9-25)24-11-15-16(20)5-4-6-17(15)27-18(21)22;/h4-6,14,18H,2-3,7-13H2,1H3,(H,23,24);1H. The number of nitrogens with zero attached hydrogens (tertiary/aromatic N) is 3. The fourth-order valence-electron chi connectivity index (χ4n) is 3.92. The quantitative estimate of drug-likeness (QED) is 0.360. The van der Waals surface area contributed by atoms with Crippen molar-refractivity contribution in [2.45, 2.75) is 32.4 Å². The molecule has 1 aromatic carbocycles. The first kappa shape index (κ1) is 23.1. The van der Waals surface area contributed by atoms with Gasteiger partial charge < -0.3 is 19.9 Å². The molecule has 1 aromatic rings. The molecule has 1 N–H and O–H groups in total. The number of likely N-dealkylation sites (tertiary alicyclic amines) is 2. The van der Waals surface area contributed by atoms with Crippen LogP contribution in [0.4, 0.5) is 13.2 Å². The van der Waals surface area contributed by atoms with E-state index in [0.29, 0.717) is 11.9 Å². The van der Waals surface area contributed by atoms with E-state index in [0.717, 1.165) is 26.1 Å². The normalized spacial score (nSPS) is 20.5. The summed E-state index contributed by atoms with van der Waals surface area (Å²) in [5.74, 6) is 0.517. The van der Waals surface area contributed by atoms with Gasteiger partial charge in [0, 0.05) is 38.8 Å². The average Bonchev–Trinajstić information content (AvgIpc) is 3.30. The summed E-state index contributed by atoms with van der Waals surface area (Å²) in [7, 11) is 1.67. The lowest BCUT2D eigenvalue weighted by Crippen LogP contribution is -2.40. The van der Waals surface area contributed by atoms with Crippen molar-refractivity contribution in [1.29, 1.82) is 0 Å². The SMILES string of the molecule is CN=C(NCc1c(F)cccc1OC(F)F)N1CCC(CN2CCCC2)C1.I. The van der Waals surface area contributed by atoms with Crippen molar-refractivity contribution in [3.8, 4) is 5.75 Å². The third-order valence-corrected chi connectivity index (χ3v) is 5.23. The zero-order chi connectivity index (χ0) is 19.2. The summed E-state index contributed by atoms with van der Waals surface area (Å²) >= 11 is 0. The number of rotatable bonds is 6. The molecule has 0 bridgehead atoms.